The molecule has 0 heterocycles. The van der Waals surface area contributed by atoms with E-state index in [1.165, 1.54) is 23.9 Å². The highest BCUT2D eigenvalue weighted by atomic mass is 32.2. The number of amides is 1. The second-order valence-electron chi connectivity index (χ2n) is 5.95. The lowest BCUT2D eigenvalue weighted by atomic mass is 10.1. The van der Waals surface area contributed by atoms with Crippen molar-refractivity contribution in [3.05, 3.63) is 59.9 Å². The summed E-state index contributed by atoms with van der Waals surface area (Å²) in [7, 11) is 0. The van der Waals surface area contributed by atoms with Gasteiger partial charge in [0.2, 0.25) is 5.91 Å². The molecular weight excluding hydrogens is 365 g/mol. The van der Waals surface area contributed by atoms with E-state index in [1.54, 1.807) is 12.1 Å². The molecule has 0 aliphatic heterocycles. The number of halogens is 1. The van der Waals surface area contributed by atoms with Gasteiger partial charge in [0, 0.05) is 12.3 Å². The Balaban J connectivity index is 1.51. The molecule has 6 heteroatoms. The van der Waals surface area contributed by atoms with Crippen LogP contribution in [0.1, 0.15) is 18.9 Å². The van der Waals surface area contributed by atoms with Crippen molar-refractivity contribution in [1.82, 2.24) is 5.32 Å². The normalized spacial score (nSPS) is 10.4. The van der Waals surface area contributed by atoms with E-state index in [1.807, 2.05) is 24.3 Å². The number of ether oxygens (including phenoxy) is 2. The molecular formula is C21H26FNO3S. The van der Waals surface area contributed by atoms with Crippen LogP contribution in [0.25, 0.3) is 0 Å². The van der Waals surface area contributed by atoms with Gasteiger partial charge in [-0.3, -0.25) is 4.79 Å². The first-order valence-corrected chi connectivity index (χ1v) is 10.3. The summed E-state index contributed by atoms with van der Waals surface area (Å²) in [6.07, 6.45) is 1.67. The van der Waals surface area contributed by atoms with Crippen LogP contribution in [0.4, 0.5) is 4.39 Å². The van der Waals surface area contributed by atoms with Gasteiger partial charge in [-0.2, -0.15) is 0 Å². The third-order valence-corrected chi connectivity index (χ3v) is 4.60. The average Bonchev–Trinajstić information content (AvgIpc) is 2.68. The number of benzene rings is 2. The molecule has 0 atom stereocenters. The molecule has 146 valence electrons. The second kappa shape index (κ2) is 12.2. The third kappa shape index (κ3) is 8.82. The van der Waals surface area contributed by atoms with Crippen LogP contribution in [0.15, 0.2) is 48.5 Å². The fourth-order valence-electron chi connectivity index (χ4n) is 2.28. The van der Waals surface area contributed by atoms with Gasteiger partial charge in [0.15, 0.2) is 0 Å². The highest BCUT2D eigenvalue weighted by Gasteiger charge is 2.02. The van der Waals surface area contributed by atoms with Crippen LogP contribution >= 0.6 is 11.8 Å². The van der Waals surface area contributed by atoms with Crippen LogP contribution in [-0.4, -0.2) is 37.2 Å². The van der Waals surface area contributed by atoms with E-state index in [9.17, 15) is 9.18 Å². The fraction of sp³-hybridized carbons (Fsp3) is 0.381. The Morgan fingerprint density at radius 3 is 2.26 bits per heavy atom. The Morgan fingerprint density at radius 1 is 1.00 bits per heavy atom. The summed E-state index contributed by atoms with van der Waals surface area (Å²) in [5, 5.41) is 2.87. The zero-order valence-electron chi connectivity index (χ0n) is 15.6. The lowest BCUT2D eigenvalue weighted by Gasteiger charge is -2.08. The molecule has 0 radical (unpaired) electrons. The minimum atomic E-state index is -0.248. The molecule has 1 N–H and O–H groups in total. The molecule has 0 aliphatic carbocycles. The van der Waals surface area contributed by atoms with Crippen molar-refractivity contribution in [2.45, 2.75) is 19.8 Å². The van der Waals surface area contributed by atoms with Crippen molar-refractivity contribution in [3.63, 3.8) is 0 Å². The molecule has 2 aromatic carbocycles. The standard InChI is InChI=1S/C21H26FNO3S/c1-2-13-25-19-7-9-20(10-8-19)26-14-15-27-16-21(24)23-12-11-17-3-5-18(22)6-4-17/h3-10H,2,11-16H2,1H3,(H,23,24). The third-order valence-electron chi connectivity index (χ3n) is 3.68. The molecule has 0 saturated carbocycles. The van der Waals surface area contributed by atoms with Crippen molar-refractivity contribution in [2.75, 3.05) is 31.3 Å². The monoisotopic (exact) mass is 391 g/mol. The topological polar surface area (TPSA) is 47.6 Å². The maximum absolute atomic E-state index is 12.8. The molecule has 0 fully saturated rings. The summed E-state index contributed by atoms with van der Waals surface area (Å²) in [5.74, 6) is 2.52. The van der Waals surface area contributed by atoms with E-state index in [-0.39, 0.29) is 11.7 Å². The number of thioether (sulfide) groups is 1. The fourth-order valence-corrected chi connectivity index (χ4v) is 2.92. The Labute approximate surface area is 164 Å². The largest absolute Gasteiger partial charge is 0.494 e. The molecule has 0 aliphatic rings. The first-order chi connectivity index (χ1) is 13.2. The zero-order valence-corrected chi connectivity index (χ0v) is 16.4. The van der Waals surface area contributed by atoms with Gasteiger partial charge in [-0.25, -0.2) is 4.39 Å². The number of hydrogen-bond acceptors (Lipinski definition) is 4. The Hall–Kier alpha value is -2.21. The van der Waals surface area contributed by atoms with Crippen LogP contribution in [0, 0.1) is 5.82 Å². The minimum absolute atomic E-state index is 0.000428. The van der Waals surface area contributed by atoms with Crippen LogP contribution in [0.2, 0.25) is 0 Å². The van der Waals surface area contributed by atoms with E-state index >= 15 is 0 Å². The Kier molecular flexibility index (Phi) is 9.55. The van der Waals surface area contributed by atoms with Crippen molar-refractivity contribution in [3.8, 4) is 11.5 Å². The SMILES string of the molecule is CCCOc1ccc(OCCSCC(=O)NCCc2ccc(F)cc2)cc1. The molecule has 0 spiro atoms. The number of nitrogens with one attached hydrogen (secondary N) is 1. The van der Waals surface area contributed by atoms with Gasteiger partial charge in [0.25, 0.3) is 0 Å². The number of carbonyl (C=O) groups excluding carboxylic acids is 1. The minimum Gasteiger partial charge on any atom is -0.494 e. The summed E-state index contributed by atoms with van der Waals surface area (Å²) >= 11 is 1.53. The summed E-state index contributed by atoms with van der Waals surface area (Å²) in [4.78, 5) is 11.8. The molecule has 1 amide bonds. The summed E-state index contributed by atoms with van der Waals surface area (Å²) in [6.45, 7) is 3.88. The molecule has 0 bridgehead atoms. The van der Waals surface area contributed by atoms with Crippen molar-refractivity contribution >= 4 is 17.7 Å². The summed E-state index contributed by atoms with van der Waals surface area (Å²) in [5.41, 5.74) is 1.00. The van der Waals surface area contributed by atoms with E-state index in [2.05, 4.69) is 12.2 Å². The van der Waals surface area contributed by atoms with Crippen molar-refractivity contribution in [1.29, 1.82) is 0 Å². The van der Waals surface area contributed by atoms with Gasteiger partial charge in [0.05, 0.1) is 19.0 Å². The predicted molar refractivity (Wildman–Crippen MR) is 108 cm³/mol. The second-order valence-corrected chi connectivity index (χ2v) is 7.05. The molecule has 0 unspecified atom stereocenters. The number of carbonyl (C=O) groups is 1. The zero-order chi connectivity index (χ0) is 19.3. The van der Waals surface area contributed by atoms with Crippen molar-refractivity contribution < 1.29 is 18.7 Å². The first kappa shape index (κ1) is 21.1. The smallest absolute Gasteiger partial charge is 0.230 e. The predicted octanol–water partition coefficient (Wildman–Crippen LogP) is 4.09. The van der Waals surface area contributed by atoms with Crippen LogP contribution in [0.3, 0.4) is 0 Å². The molecule has 4 nitrogen and oxygen atoms in total. The van der Waals surface area contributed by atoms with Gasteiger partial charge in [-0.05, 0) is 54.8 Å². The molecule has 0 saturated heterocycles. The lowest BCUT2D eigenvalue weighted by Crippen LogP contribution is -2.27. The van der Waals surface area contributed by atoms with E-state index < -0.39 is 0 Å². The van der Waals surface area contributed by atoms with E-state index in [4.69, 9.17) is 9.47 Å². The Morgan fingerprint density at radius 2 is 1.63 bits per heavy atom. The number of rotatable bonds is 12. The Bertz CT molecular complexity index is 677. The number of hydrogen-bond donors (Lipinski definition) is 1. The summed E-state index contributed by atoms with van der Waals surface area (Å²) in [6, 6.07) is 13.9. The maximum atomic E-state index is 12.8. The average molecular weight is 392 g/mol. The van der Waals surface area contributed by atoms with Crippen LogP contribution in [0.5, 0.6) is 11.5 Å². The lowest BCUT2D eigenvalue weighted by molar-refractivity contribution is -0.118. The highest BCUT2D eigenvalue weighted by molar-refractivity contribution is 7.99. The van der Waals surface area contributed by atoms with Gasteiger partial charge < -0.3 is 14.8 Å². The van der Waals surface area contributed by atoms with Gasteiger partial charge >= 0.3 is 0 Å². The quantitative estimate of drug-likeness (QED) is 0.554. The molecule has 2 rings (SSSR count). The molecule has 0 aromatic heterocycles. The van der Waals surface area contributed by atoms with Gasteiger partial charge in [-0.1, -0.05) is 19.1 Å². The first-order valence-electron chi connectivity index (χ1n) is 9.12. The maximum Gasteiger partial charge on any atom is 0.230 e. The van der Waals surface area contributed by atoms with Crippen molar-refractivity contribution in [2.24, 2.45) is 0 Å². The molecule has 27 heavy (non-hydrogen) atoms. The highest BCUT2D eigenvalue weighted by Crippen LogP contribution is 2.18. The molecule has 2 aromatic rings. The summed E-state index contributed by atoms with van der Waals surface area (Å²) < 4.78 is 24.0. The van der Waals surface area contributed by atoms with E-state index in [0.29, 0.717) is 31.9 Å². The van der Waals surface area contributed by atoms with Gasteiger partial charge in [-0.15, -0.1) is 11.8 Å². The van der Waals surface area contributed by atoms with E-state index in [0.717, 1.165) is 29.2 Å². The van der Waals surface area contributed by atoms with Gasteiger partial charge in [0.1, 0.15) is 17.3 Å². The van der Waals surface area contributed by atoms with Crippen LogP contribution < -0.4 is 14.8 Å². The van der Waals surface area contributed by atoms with Crippen LogP contribution in [-0.2, 0) is 11.2 Å².